The van der Waals surface area contributed by atoms with Crippen LogP contribution < -0.4 is 5.32 Å². The summed E-state index contributed by atoms with van der Waals surface area (Å²) in [6.45, 7) is 4.36. The smallest absolute Gasteiger partial charge is 0.326 e. The Morgan fingerprint density at radius 2 is 1.94 bits per heavy atom. The molecule has 3 atom stereocenters. The number of amides is 1. The summed E-state index contributed by atoms with van der Waals surface area (Å²) in [6, 6.07) is 7.19. The lowest BCUT2D eigenvalue weighted by molar-refractivity contribution is -0.154. The third-order valence-corrected chi connectivity index (χ3v) is 5.63. The highest BCUT2D eigenvalue weighted by atomic mass is 16.7. The zero-order valence-electron chi connectivity index (χ0n) is 17.9. The molecule has 31 heavy (non-hydrogen) atoms. The highest BCUT2D eigenvalue weighted by molar-refractivity contribution is 5.88. The summed E-state index contributed by atoms with van der Waals surface area (Å²) in [5.41, 5.74) is 1.07. The molecule has 0 aromatic heterocycles. The number of aliphatic carboxylic acids is 1. The van der Waals surface area contributed by atoms with Gasteiger partial charge >= 0.3 is 11.9 Å². The molecule has 3 rings (SSSR count). The first-order valence-corrected chi connectivity index (χ1v) is 10.6. The van der Waals surface area contributed by atoms with Gasteiger partial charge in [-0.2, -0.15) is 0 Å². The van der Waals surface area contributed by atoms with E-state index in [0.717, 1.165) is 5.56 Å². The van der Waals surface area contributed by atoms with Crippen LogP contribution in [0.3, 0.4) is 0 Å². The van der Waals surface area contributed by atoms with Gasteiger partial charge in [-0.1, -0.05) is 30.3 Å². The van der Waals surface area contributed by atoms with Crippen LogP contribution in [0, 0.1) is 0 Å². The molecule has 2 aliphatic heterocycles. The molecular weight excluding hydrogens is 404 g/mol. The van der Waals surface area contributed by atoms with Gasteiger partial charge < -0.3 is 24.2 Å². The number of aryl methyl sites for hydroxylation is 1. The minimum absolute atomic E-state index is 0.0446. The molecule has 2 saturated heterocycles. The normalized spacial score (nSPS) is 21.7. The molecule has 170 valence electrons. The summed E-state index contributed by atoms with van der Waals surface area (Å²) >= 11 is 0. The zero-order chi connectivity index (χ0) is 22.4. The van der Waals surface area contributed by atoms with Crippen molar-refractivity contribution in [2.45, 2.75) is 57.0 Å². The molecule has 0 bridgehead atoms. The number of hydrogen-bond donors (Lipinski definition) is 2. The van der Waals surface area contributed by atoms with Crippen LogP contribution in [-0.4, -0.2) is 78.1 Å². The molecule has 2 aliphatic rings. The summed E-state index contributed by atoms with van der Waals surface area (Å²) in [5.74, 6) is -3.03. The van der Waals surface area contributed by atoms with Gasteiger partial charge in [0.05, 0.1) is 32.4 Å². The number of esters is 1. The van der Waals surface area contributed by atoms with Gasteiger partial charge in [-0.25, -0.2) is 4.79 Å². The molecule has 2 heterocycles. The molecular formula is C22H30N2O7. The van der Waals surface area contributed by atoms with Crippen molar-refractivity contribution in [2.75, 3.05) is 26.4 Å². The van der Waals surface area contributed by atoms with E-state index >= 15 is 0 Å². The summed E-state index contributed by atoms with van der Waals surface area (Å²) in [4.78, 5) is 38.6. The Bertz CT molecular complexity index is 779. The maximum Gasteiger partial charge on any atom is 0.326 e. The minimum atomic E-state index is -1.11. The molecule has 1 aromatic rings. The Morgan fingerprint density at radius 3 is 2.55 bits per heavy atom. The van der Waals surface area contributed by atoms with Crippen LogP contribution in [0.1, 0.15) is 32.3 Å². The van der Waals surface area contributed by atoms with Crippen molar-refractivity contribution in [3.63, 3.8) is 0 Å². The fourth-order valence-electron chi connectivity index (χ4n) is 4.09. The van der Waals surface area contributed by atoms with Gasteiger partial charge in [0.1, 0.15) is 12.1 Å². The molecule has 1 unspecified atom stereocenters. The van der Waals surface area contributed by atoms with Gasteiger partial charge in [0.2, 0.25) is 5.91 Å². The van der Waals surface area contributed by atoms with Crippen molar-refractivity contribution in [2.24, 2.45) is 0 Å². The first-order valence-electron chi connectivity index (χ1n) is 10.6. The van der Waals surface area contributed by atoms with Crippen LogP contribution in [0.15, 0.2) is 30.3 Å². The van der Waals surface area contributed by atoms with Crippen molar-refractivity contribution in [1.29, 1.82) is 0 Å². The minimum Gasteiger partial charge on any atom is -0.480 e. The van der Waals surface area contributed by atoms with Crippen molar-refractivity contribution < 1.29 is 33.7 Å². The van der Waals surface area contributed by atoms with Crippen LogP contribution in [0.4, 0.5) is 0 Å². The largest absolute Gasteiger partial charge is 0.480 e. The van der Waals surface area contributed by atoms with Gasteiger partial charge in [0.25, 0.3) is 0 Å². The summed E-state index contributed by atoms with van der Waals surface area (Å²) < 4.78 is 16.4. The lowest BCUT2D eigenvalue weighted by Gasteiger charge is -2.28. The number of carbonyl (C=O) groups excluding carboxylic acids is 2. The van der Waals surface area contributed by atoms with E-state index in [1.165, 1.54) is 4.90 Å². The standard InChI is InChI=1S/C22H30N2O7/c1-3-29-21(28)17(10-9-16-7-5-4-6-8-16)23-15(2)19(25)24-14-22(30-11-12-31-22)13-18(24)20(26)27/h4-8,15,17-18,23H,3,9-14H2,1-2H3,(H,26,27)/t15?,17-,18-/m0/s1. The quantitative estimate of drug-likeness (QED) is 0.553. The van der Waals surface area contributed by atoms with Gasteiger partial charge in [0.15, 0.2) is 5.79 Å². The second-order valence-corrected chi connectivity index (χ2v) is 7.85. The Balaban J connectivity index is 1.67. The lowest BCUT2D eigenvalue weighted by atomic mass is 10.0. The Hall–Kier alpha value is -2.49. The molecule has 9 nitrogen and oxygen atoms in total. The van der Waals surface area contributed by atoms with Crippen molar-refractivity contribution in [3.05, 3.63) is 35.9 Å². The van der Waals surface area contributed by atoms with E-state index in [4.69, 9.17) is 14.2 Å². The lowest BCUT2D eigenvalue weighted by Crippen LogP contribution is -2.53. The third kappa shape index (κ3) is 5.61. The van der Waals surface area contributed by atoms with E-state index < -0.39 is 41.8 Å². The monoisotopic (exact) mass is 434 g/mol. The summed E-state index contributed by atoms with van der Waals surface area (Å²) in [5, 5.41) is 12.7. The number of hydrogen-bond acceptors (Lipinski definition) is 7. The van der Waals surface area contributed by atoms with Crippen molar-refractivity contribution >= 4 is 17.8 Å². The summed E-state index contributed by atoms with van der Waals surface area (Å²) in [6.07, 6.45) is 1.15. The molecule has 0 radical (unpaired) electrons. The first-order chi connectivity index (χ1) is 14.8. The van der Waals surface area contributed by atoms with Crippen LogP contribution in [0.25, 0.3) is 0 Å². The molecule has 0 aliphatic carbocycles. The van der Waals surface area contributed by atoms with Crippen LogP contribution in [-0.2, 0) is 35.0 Å². The van der Waals surface area contributed by atoms with E-state index in [9.17, 15) is 19.5 Å². The molecule has 0 saturated carbocycles. The fourth-order valence-corrected chi connectivity index (χ4v) is 4.09. The first kappa shape index (κ1) is 23.2. The van der Waals surface area contributed by atoms with E-state index in [-0.39, 0.29) is 19.6 Å². The molecule has 1 aromatic carbocycles. The maximum atomic E-state index is 13.1. The average molecular weight is 434 g/mol. The second-order valence-electron chi connectivity index (χ2n) is 7.85. The number of carbonyl (C=O) groups is 3. The van der Waals surface area contributed by atoms with E-state index in [0.29, 0.717) is 26.1 Å². The van der Waals surface area contributed by atoms with Gasteiger partial charge in [-0.15, -0.1) is 0 Å². The SMILES string of the molecule is CCOC(=O)[C@H](CCc1ccccc1)NC(C)C(=O)N1CC2(C[C@H]1C(=O)O)OCCO2. The van der Waals surface area contributed by atoms with Crippen molar-refractivity contribution in [3.8, 4) is 0 Å². The molecule has 2 N–H and O–H groups in total. The Morgan fingerprint density at radius 1 is 1.26 bits per heavy atom. The predicted octanol–water partition coefficient (Wildman–Crippen LogP) is 0.958. The number of rotatable bonds is 9. The molecule has 1 spiro atoms. The Labute approximate surface area is 181 Å². The van der Waals surface area contributed by atoms with E-state index in [1.54, 1.807) is 13.8 Å². The highest BCUT2D eigenvalue weighted by Gasteiger charge is 2.53. The van der Waals surface area contributed by atoms with Gasteiger partial charge in [-0.3, -0.25) is 14.9 Å². The number of ether oxygens (including phenoxy) is 3. The zero-order valence-corrected chi connectivity index (χ0v) is 17.9. The number of carboxylic acid groups (broad SMARTS) is 1. The Kier molecular flexibility index (Phi) is 7.64. The number of likely N-dealkylation sites (tertiary alicyclic amines) is 1. The summed E-state index contributed by atoms with van der Waals surface area (Å²) in [7, 11) is 0. The van der Waals surface area contributed by atoms with Crippen molar-refractivity contribution in [1.82, 2.24) is 10.2 Å². The molecule has 9 heteroatoms. The fraction of sp³-hybridized carbons (Fsp3) is 0.591. The maximum absolute atomic E-state index is 13.1. The van der Waals surface area contributed by atoms with E-state index in [2.05, 4.69) is 5.32 Å². The number of carboxylic acids is 1. The van der Waals surface area contributed by atoms with Crippen LogP contribution in [0.2, 0.25) is 0 Å². The van der Waals surface area contributed by atoms with Crippen LogP contribution in [0.5, 0.6) is 0 Å². The van der Waals surface area contributed by atoms with E-state index in [1.807, 2.05) is 30.3 Å². The number of nitrogens with zero attached hydrogens (tertiary/aromatic N) is 1. The number of benzene rings is 1. The molecule has 2 fully saturated rings. The number of nitrogens with one attached hydrogen (secondary N) is 1. The topological polar surface area (TPSA) is 114 Å². The van der Waals surface area contributed by atoms with Gasteiger partial charge in [0, 0.05) is 6.42 Å². The highest BCUT2D eigenvalue weighted by Crippen LogP contribution is 2.35. The third-order valence-electron chi connectivity index (χ3n) is 5.63. The van der Waals surface area contributed by atoms with Crippen LogP contribution >= 0.6 is 0 Å². The second kappa shape index (κ2) is 10.2. The van der Waals surface area contributed by atoms with Gasteiger partial charge in [-0.05, 0) is 32.3 Å². The average Bonchev–Trinajstić information content (AvgIpc) is 3.38. The molecule has 1 amide bonds. The predicted molar refractivity (Wildman–Crippen MR) is 110 cm³/mol.